The minimum Gasteiger partial charge on any atom is -0.494 e. The molecule has 0 unspecified atom stereocenters. The minimum atomic E-state index is 0.689. The quantitative estimate of drug-likeness (QED) is 0.636. The lowest BCUT2D eigenvalue weighted by molar-refractivity contribution is 0.338. The molecule has 4 nitrogen and oxygen atoms in total. The Bertz CT molecular complexity index is 638. The minimum absolute atomic E-state index is 0.689. The molecule has 0 aliphatic rings. The number of hydrogen-bond donors (Lipinski definition) is 2. The number of hydrogen-bond acceptors (Lipinski definition) is 2. The predicted octanol–water partition coefficient (Wildman–Crippen LogP) is 3.26. The highest BCUT2D eigenvalue weighted by Crippen LogP contribution is 2.18. The standard InChI is InChI=1S/C19H25N3O/c1-4-23-18-11-10-17(12-15(18)2)14-22-19(20-3)21-13-16-8-6-5-7-9-16/h5-12H,4,13-14H2,1-3H3,(H2,20,21,22). The molecule has 2 N–H and O–H groups in total. The summed E-state index contributed by atoms with van der Waals surface area (Å²) in [7, 11) is 1.78. The van der Waals surface area contributed by atoms with Crippen LogP contribution in [0.15, 0.2) is 53.5 Å². The number of aliphatic imine (C=N–C) groups is 1. The fourth-order valence-corrected chi connectivity index (χ4v) is 2.33. The number of benzene rings is 2. The first kappa shape index (κ1) is 16.9. The lowest BCUT2D eigenvalue weighted by Crippen LogP contribution is -2.36. The molecule has 23 heavy (non-hydrogen) atoms. The number of guanidine groups is 1. The number of ether oxygens (including phenoxy) is 1. The van der Waals surface area contributed by atoms with Gasteiger partial charge in [-0.25, -0.2) is 0 Å². The van der Waals surface area contributed by atoms with E-state index in [1.807, 2.05) is 31.2 Å². The van der Waals surface area contributed by atoms with E-state index in [-0.39, 0.29) is 0 Å². The van der Waals surface area contributed by atoms with Gasteiger partial charge in [-0.1, -0.05) is 42.5 Å². The summed E-state index contributed by atoms with van der Waals surface area (Å²) in [6.07, 6.45) is 0. The van der Waals surface area contributed by atoms with Gasteiger partial charge in [0.15, 0.2) is 5.96 Å². The van der Waals surface area contributed by atoms with Crippen LogP contribution >= 0.6 is 0 Å². The van der Waals surface area contributed by atoms with E-state index in [2.05, 4.69) is 46.8 Å². The van der Waals surface area contributed by atoms with Crippen molar-refractivity contribution in [1.82, 2.24) is 10.6 Å². The van der Waals surface area contributed by atoms with E-state index < -0.39 is 0 Å². The van der Waals surface area contributed by atoms with Crippen molar-refractivity contribution in [3.05, 3.63) is 65.2 Å². The second kappa shape index (κ2) is 8.83. The van der Waals surface area contributed by atoms with Gasteiger partial charge in [0.1, 0.15) is 5.75 Å². The molecule has 4 heteroatoms. The maximum atomic E-state index is 5.57. The molecule has 2 rings (SSSR count). The van der Waals surface area contributed by atoms with Crippen LogP contribution in [0, 0.1) is 6.92 Å². The first-order chi connectivity index (χ1) is 11.2. The van der Waals surface area contributed by atoms with E-state index in [0.717, 1.165) is 30.4 Å². The van der Waals surface area contributed by atoms with Crippen molar-refractivity contribution in [3.8, 4) is 5.75 Å². The first-order valence-corrected chi connectivity index (χ1v) is 7.93. The van der Waals surface area contributed by atoms with E-state index in [1.54, 1.807) is 7.05 Å². The predicted molar refractivity (Wildman–Crippen MR) is 95.8 cm³/mol. The summed E-state index contributed by atoms with van der Waals surface area (Å²) in [5.74, 6) is 1.74. The molecule has 0 atom stereocenters. The molecule has 0 spiro atoms. The maximum Gasteiger partial charge on any atom is 0.191 e. The van der Waals surface area contributed by atoms with Crippen LogP contribution < -0.4 is 15.4 Å². The highest BCUT2D eigenvalue weighted by molar-refractivity contribution is 5.79. The molecule has 0 aliphatic carbocycles. The van der Waals surface area contributed by atoms with Gasteiger partial charge < -0.3 is 15.4 Å². The molecule has 0 heterocycles. The summed E-state index contributed by atoms with van der Waals surface area (Å²) >= 11 is 0. The van der Waals surface area contributed by atoms with Gasteiger partial charge in [0.05, 0.1) is 6.61 Å². The topological polar surface area (TPSA) is 45.6 Å². The maximum absolute atomic E-state index is 5.57. The van der Waals surface area contributed by atoms with Crippen LogP contribution in [0.2, 0.25) is 0 Å². The van der Waals surface area contributed by atoms with Gasteiger partial charge in [-0.2, -0.15) is 0 Å². The van der Waals surface area contributed by atoms with Crippen LogP contribution in [0.3, 0.4) is 0 Å². The van der Waals surface area contributed by atoms with Gasteiger partial charge in [0.25, 0.3) is 0 Å². The van der Waals surface area contributed by atoms with Crippen molar-refractivity contribution in [2.24, 2.45) is 4.99 Å². The highest BCUT2D eigenvalue weighted by Gasteiger charge is 2.02. The molecule has 0 radical (unpaired) electrons. The van der Waals surface area contributed by atoms with Gasteiger partial charge in [-0.3, -0.25) is 4.99 Å². The summed E-state index contributed by atoms with van der Waals surface area (Å²) < 4.78 is 5.57. The Morgan fingerprint density at radius 3 is 2.30 bits per heavy atom. The van der Waals surface area contributed by atoms with Crippen LogP contribution in [-0.4, -0.2) is 19.6 Å². The Hall–Kier alpha value is -2.49. The van der Waals surface area contributed by atoms with Crippen LogP contribution in [0.1, 0.15) is 23.6 Å². The second-order valence-electron chi connectivity index (χ2n) is 5.30. The van der Waals surface area contributed by atoms with Crippen molar-refractivity contribution < 1.29 is 4.74 Å². The normalized spacial score (nSPS) is 11.2. The zero-order valence-electron chi connectivity index (χ0n) is 14.1. The number of nitrogens with zero attached hydrogens (tertiary/aromatic N) is 1. The lowest BCUT2D eigenvalue weighted by Gasteiger charge is -2.13. The summed E-state index contributed by atoms with van der Waals surface area (Å²) in [5.41, 5.74) is 3.58. The Labute approximate surface area is 138 Å². The van der Waals surface area contributed by atoms with Crippen molar-refractivity contribution in [3.63, 3.8) is 0 Å². The van der Waals surface area contributed by atoms with Crippen molar-refractivity contribution in [1.29, 1.82) is 0 Å². The van der Waals surface area contributed by atoms with Crippen molar-refractivity contribution in [2.45, 2.75) is 26.9 Å². The molecule has 0 fully saturated rings. The monoisotopic (exact) mass is 311 g/mol. The van der Waals surface area contributed by atoms with Gasteiger partial charge in [-0.15, -0.1) is 0 Å². The molecule has 0 saturated carbocycles. The van der Waals surface area contributed by atoms with Gasteiger partial charge in [0, 0.05) is 20.1 Å². The molecule has 2 aromatic rings. The summed E-state index contributed by atoms with van der Waals surface area (Å²) in [4.78, 5) is 4.26. The number of aryl methyl sites for hydroxylation is 1. The van der Waals surface area contributed by atoms with Crippen molar-refractivity contribution in [2.75, 3.05) is 13.7 Å². The zero-order valence-corrected chi connectivity index (χ0v) is 14.1. The van der Waals surface area contributed by atoms with Gasteiger partial charge >= 0.3 is 0 Å². The fraction of sp³-hybridized carbons (Fsp3) is 0.316. The third-order valence-electron chi connectivity index (χ3n) is 3.53. The summed E-state index contributed by atoms with van der Waals surface area (Å²) in [6.45, 7) is 6.23. The molecule has 0 aliphatic heterocycles. The first-order valence-electron chi connectivity index (χ1n) is 7.93. The van der Waals surface area contributed by atoms with E-state index in [0.29, 0.717) is 6.61 Å². The average molecular weight is 311 g/mol. The Morgan fingerprint density at radius 2 is 1.70 bits per heavy atom. The third kappa shape index (κ3) is 5.33. The molecule has 0 saturated heterocycles. The van der Waals surface area contributed by atoms with Crippen LogP contribution in [0.4, 0.5) is 0 Å². The number of nitrogens with one attached hydrogen (secondary N) is 2. The van der Waals surface area contributed by atoms with Gasteiger partial charge in [0.2, 0.25) is 0 Å². The van der Waals surface area contributed by atoms with Crippen LogP contribution in [-0.2, 0) is 13.1 Å². The SMILES string of the molecule is CCOc1ccc(CNC(=NC)NCc2ccccc2)cc1C. The van der Waals surface area contributed by atoms with Crippen LogP contribution in [0.25, 0.3) is 0 Å². The van der Waals surface area contributed by atoms with Crippen LogP contribution in [0.5, 0.6) is 5.75 Å². The zero-order chi connectivity index (χ0) is 16.5. The Balaban J connectivity index is 1.87. The molecule has 0 amide bonds. The molecular formula is C19H25N3O. The lowest BCUT2D eigenvalue weighted by atomic mass is 10.1. The molecular weight excluding hydrogens is 286 g/mol. The Morgan fingerprint density at radius 1 is 1.00 bits per heavy atom. The largest absolute Gasteiger partial charge is 0.494 e. The number of rotatable bonds is 6. The van der Waals surface area contributed by atoms with Crippen molar-refractivity contribution >= 4 is 5.96 Å². The molecule has 0 bridgehead atoms. The summed E-state index contributed by atoms with van der Waals surface area (Å²) in [6, 6.07) is 16.5. The molecule has 0 aromatic heterocycles. The smallest absolute Gasteiger partial charge is 0.191 e. The summed E-state index contributed by atoms with van der Waals surface area (Å²) in [5, 5.41) is 6.65. The Kier molecular flexibility index (Phi) is 6.48. The fourth-order valence-electron chi connectivity index (χ4n) is 2.33. The second-order valence-corrected chi connectivity index (χ2v) is 5.30. The molecule has 2 aromatic carbocycles. The highest BCUT2D eigenvalue weighted by atomic mass is 16.5. The third-order valence-corrected chi connectivity index (χ3v) is 3.53. The van der Waals surface area contributed by atoms with E-state index in [1.165, 1.54) is 11.1 Å². The van der Waals surface area contributed by atoms with Gasteiger partial charge in [-0.05, 0) is 36.6 Å². The van der Waals surface area contributed by atoms with E-state index in [4.69, 9.17) is 4.74 Å². The van der Waals surface area contributed by atoms with E-state index >= 15 is 0 Å². The molecule has 122 valence electrons. The van der Waals surface area contributed by atoms with E-state index in [9.17, 15) is 0 Å². The average Bonchev–Trinajstić information content (AvgIpc) is 2.58.